The van der Waals surface area contributed by atoms with Crippen molar-refractivity contribution in [3.8, 4) is 17.1 Å². The SMILES string of the molecule is COc1cccc(Nc2cc(N3CCCCC3)nc(-c3ccccc3)n2)c1. The highest BCUT2D eigenvalue weighted by atomic mass is 16.5. The zero-order chi connectivity index (χ0) is 18.5. The molecule has 138 valence electrons. The molecule has 0 atom stereocenters. The van der Waals surface area contributed by atoms with E-state index in [1.807, 2.05) is 60.7 Å². The Morgan fingerprint density at radius 1 is 0.889 bits per heavy atom. The molecule has 0 saturated carbocycles. The minimum Gasteiger partial charge on any atom is -0.497 e. The molecule has 0 spiro atoms. The molecule has 1 fully saturated rings. The van der Waals surface area contributed by atoms with Crippen LogP contribution in [0, 0.1) is 0 Å². The second kappa shape index (κ2) is 8.08. The van der Waals surface area contributed by atoms with E-state index >= 15 is 0 Å². The molecule has 1 aliphatic heterocycles. The van der Waals surface area contributed by atoms with Gasteiger partial charge in [0.2, 0.25) is 0 Å². The number of anilines is 3. The summed E-state index contributed by atoms with van der Waals surface area (Å²) in [6.45, 7) is 2.09. The standard InChI is InChI=1S/C22H24N4O/c1-27-19-12-8-11-18(15-19)23-20-16-21(26-13-6-3-7-14-26)25-22(24-20)17-9-4-2-5-10-17/h2,4-5,8-12,15-16H,3,6-7,13-14H2,1H3,(H,23,24,25). The minimum atomic E-state index is 0.740. The Balaban J connectivity index is 1.70. The normalized spacial score (nSPS) is 14.0. The first-order valence-electron chi connectivity index (χ1n) is 9.42. The highest BCUT2D eigenvalue weighted by Crippen LogP contribution is 2.27. The number of ether oxygens (including phenoxy) is 1. The van der Waals surface area contributed by atoms with Crippen LogP contribution in [0.4, 0.5) is 17.3 Å². The molecule has 0 unspecified atom stereocenters. The van der Waals surface area contributed by atoms with Crippen LogP contribution in [-0.4, -0.2) is 30.2 Å². The summed E-state index contributed by atoms with van der Waals surface area (Å²) in [7, 11) is 1.67. The van der Waals surface area contributed by atoms with Gasteiger partial charge in [-0.1, -0.05) is 36.4 Å². The van der Waals surface area contributed by atoms with Gasteiger partial charge in [-0.2, -0.15) is 0 Å². The number of nitrogens with one attached hydrogen (secondary N) is 1. The third-order valence-corrected chi connectivity index (χ3v) is 4.77. The van der Waals surface area contributed by atoms with Gasteiger partial charge in [-0.05, 0) is 31.4 Å². The maximum absolute atomic E-state index is 5.32. The van der Waals surface area contributed by atoms with Crippen molar-refractivity contribution in [2.24, 2.45) is 0 Å². The zero-order valence-electron chi connectivity index (χ0n) is 15.6. The fourth-order valence-corrected chi connectivity index (χ4v) is 3.35. The Labute approximate surface area is 160 Å². The van der Waals surface area contributed by atoms with Crippen molar-refractivity contribution in [3.63, 3.8) is 0 Å². The number of rotatable bonds is 5. The quantitative estimate of drug-likeness (QED) is 0.702. The van der Waals surface area contributed by atoms with Crippen LogP contribution < -0.4 is 15.0 Å². The molecule has 0 aliphatic carbocycles. The summed E-state index contributed by atoms with van der Waals surface area (Å²) in [5.74, 6) is 3.32. The summed E-state index contributed by atoms with van der Waals surface area (Å²) in [5, 5.41) is 3.41. The first-order valence-corrected chi connectivity index (χ1v) is 9.42. The van der Waals surface area contributed by atoms with Crippen LogP contribution in [0.3, 0.4) is 0 Å². The highest BCUT2D eigenvalue weighted by Gasteiger charge is 2.15. The molecule has 5 nitrogen and oxygen atoms in total. The highest BCUT2D eigenvalue weighted by molar-refractivity contribution is 5.66. The Morgan fingerprint density at radius 2 is 1.70 bits per heavy atom. The van der Waals surface area contributed by atoms with Gasteiger partial charge in [0.25, 0.3) is 0 Å². The lowest BCUT2D eigenvalue weighted by Crippen LogP contribution is -2.30. The maximum atomic E-state index is 5.32. The van der Waals surface area contributed by atoms with Gasteiger partial charge in [0.15, 0.2) is 5.82 Å². The van der Waals surface area contributed by atoms with Gasteiger partial charge in [0, 0.05) is 36.5 Å². The Bertz CT molecular complexity index is 892. The van der Waals surface area contributed by atoms with E-state index in [4.69, 9.17) is 14.7 Å². The molecule has 1 N–H and O–H groups in total. The van der Waals surface area contributed by atoms with Gasteiger partial charge in [-0.15, -0.1) is 0 Å². The molecule has 0 amide bonds. The summed E-state index contributed by atoms with van der Waals surface area (Å²) in [4.78, 5) is 12.0. The number of nitrogens with zero attached hydrogens (tertiary/aromatic N) is 3. The number of hydrogen-bond donors (Lipinski definition) is 1. The van der Waals surface area contributed by atoms with Crippen molar-refractivity contribution in [1.29, 1.82) is 0 Å². The van der Waals surface area contributed by atoms with E-state index in [-0.39, 0.29) is 0 Å². The molecule has 2 aromatic carbocycles. The molecule has 4 rings (SSSR count). The van der Waals surface area contributed by atoms with Crippen LogP contribution in [0.1, 0.15) is 19.3 Å². The van der Waals surface area contributed by atoms with Crippen molar-refractivity contribution >= 4 is 17.3 Å². The molecule has 3 aromatic rings. The number of methoxy groups -OCH3 is 1. The molecular formula is C22H24N4O. The lowest BCUT2D eigenvalue weighted by Gasteiger charge is -2.28. The molecule has 2 heterocycles. The van der Waals surface area contributed by atoms with Crippen LogP contribution in [0.25, 0.3) is 11.4 Å². The minimum absolute atomic E-state index is 0.740. The van der Waals surface area contributed by atoms with Gasteiger partial charge >= 0.3 is 0 Å². The Kier molecular flexibility index (Phi) is 5.19. The summed E-state index contributed by atoms with van der Waals surface area (Å²) in [6.07, 6.45) is 3.72. The number of aromatic nitrogens is 2. The van der Waals surface area contributed by atoms with E-state index in [0.29, 0.717) is 0 Å². The van der Waals surface area contributed by atoms with Gasteiger partial charge in [0.05, 0.1) is 7.11 Å². The predicted molar refractivity (Wildman–Crippen MR) is 110 cm³/mol. The molecule has 0 radical (unpaired) electrons. The zero-order valence-corrected chi connectivity index (χ0v) is 15.6. The van der Waals surface area contributed by atoms with Gasteiger partial charge in [0.1, 0.15) is 17.4 Å². The monoisotopic (exact) mass is 360 g/mol. The molecule has 1 aliphatic rings. The summed E-state index contributed by atoms with van der Waals surface area (Å²) in [5.41, 5.74) is 1.96. The fourth-order valence-electron chi connectivity index (χ4n) is 3.35. The van der Waals surface area contributed by atoms with E-state index in [9.17, 15) is 0 Å². The summed E-state index contributed by atoms with van der Waals surface area (Å²) < 4.78 is 5.32. The lowest BCUT2D eigenvalue weighted by atomic mass is 10.1. The van der Waals surface area contributed by atoms with Crippen LogP contribution in [0.15, 0.2) is 60.7 Å². The predicted octanol–water partition coefficient (Wildman–Crippen LogP) is 4.89. The lowest BCUT2D eigenvalue weighted by molar-refractivity contribution is 0.415. The fraction of sp³-hybridized carbons (Fsp3) is 0.273. The van der Waals surface area contributed by atoms with E-state index in [2.05, 4.69) is 10.2 Å². The molecule has 1 aromatic heterocycles. The molecule has 0 bridgehead atoms. The van der Waals surface area contributed by atoms with Crippen molar-refractivity contribution < 1.29 is 4.74 Å². The topological polar surface area (TPSA) is 50.3 Å². The van der Waals surface area contributed by atoms with Crippen molar-refractivity contribution in [1.82, 2.24) is 9.97 Å². The van der Waals surface area contributed by atoms with Crippen molar-refractivity contribution in [2.75, 3.05) is 30.4 Å². The molecule has 1 saturated heterocycles. The first kappa shape index (κ1) is 17.3. The van der Waals surface area contributed by atoms with Gasteiger partial charge in [-0.3, -0.25) is 0 Å². The van der Waals surface area contributed by atoms with E-state index < -0.39 is 0 Å². The Hall–Kier alpha value is -3.08. The second-order valence-electron chi connectivity index (χ2n) is 6.71. The smallest absolute Gasteiger partial charge is 0.163 e. The maximum Gasteiger partial charge on any atom is 0.163 e. The third-order valence-electron chi connectivity index (χ3n) is 4.77. The molecule has 27 heavy (non-hydrogen) atoms. The summed E-state index contributed by atoms with van der Waals surface area (Å²) >= 11 is 0. The second-order valence-corrected chi connectivity index (χ2v) is 6.71. The largest absolute Gasteiger partial charge is 0.497 e. The average Bonchev–Trinajstić information content (AvgIpc) is 2.75. The van der Waals surface area contributed by atoms with Crippen LogP contribution in [-0.2, 0) is 0 Å². The first-order chi connectivity index (χ1) is 13.3. The number of benzene rings is 2. The van der Waals surface area contributed by atoms with Crippen LogP contribution in [0.5, 0.6) is 5.75 Å². The van der Waals surface area contributed by atoms with Crippen molar-refractivity contribution in [3.05, 3.63) is 60.7 Å². The molecule has 5 heteroatoms. The Morgan fingerprint density at radius 3 is 2.48 bits per heavy atom. The average molecular weight is 360 g/mol. The van der Waals surface area contributed by atoms with E-state index in [0.717, 1.165) is 47.5 Å². The molecular weight excluding hydrogens is 336 g/mol. The van der Waals surface area contributed by atoms with E-state index in [1.165, 1.54) is 19.3 Å². The third kappa shape index (κ3) is 4.19. The number of hydrogen-bond acceptors (Lipinski definition) is 5. The number of piperidine rings is 1. The van der Waals surface area contributed by atoms with Crippen molar-refractivity contribution in [2.45, 2.75) is 19.3 Å². The van der Waals surface area contributed by atoms with Crippen LogP contribution >= 0.6 is 0 Å². The summed E-state index contributed by atoms with van der Waals surface area (Å²) in [6, 6.07) is 20.0. The van der Waals surface area contributed by atoms with E-state index in [1.54, 1.807) is 7.11 Å². The van der Waals surface area contributed by atoms with Gasteiger partial charge < -0.3 is 15.0 Å². The van der Waals surface area contributed by atoms with Crippen LogP contribution in [0.2, 0.25) is 0 Å². The van der Waals surface area contributed by atoms with Gasteiger partial charge in [-0.25, -0.2) is 9.97 Å².